The molecule has 8 heteroatoms. The molecule has 3 unspecified atom stereocenters. The number of carbonyl (C=O) groups excluding carboxylic acids is 1. The lowest BCUT2D eigenvalue weighted by atomic mass is 9.78. The average molecular weight is 371 g/mol. The van der Waals surface area contributed by atoms with E-state index in [0.29, 0.717) is 0 Å². The van der Waals surface area contributed by atoms with Crippen LogP contribution in [0.5, 0.6) is 0 Å². The number of carbonyl (C=O) groups is 3. The van der Waals surface area contributed by atoms with Crippen molar-refractivity contribution in [2.45, 2.75) is 18.9 Å². The van der Waals surface area contributed by atoms with Crippen molar-refractivity contribution in [1.29, 1.82) is 0 Å². The fourth-order valence-electron chi connectivity index (χ4n) is 3.04. The number of carboxylic acid groups (broad SMARTS) is 2. The van der Waals surface area contributed by atoms with Crippen molar-refractivity contribution in [1.82, 2.24) is 0 Å². The molecule has 0 bridgehead atoms. The minimum Gasteiger partial charge on any atom is -0.481 e. The molecule has 140 valence electrons. The SMILES string of the molecule is CC(=O)C(C(=O)O)C(c1ccc(-c2ccccc2)cc1)C(C(=O)O)[N+](=O)[O-]. The fourth-order valence-corrected chi connectivity index (χ4v) is 3.04. The Bertz CT molecular complexity index is 801. The van der Waals surface area contributed by atoms with Gasteiger partial charge in [0.1, 0.15) is 11.7 Å². The third kappa shape index (κ3) is 4.35. The third-order valence-electron chi connectivity index (χ3n) is 4.29. The van der Waals surface area contributed by atoms with Crippen molar-refractivity contribution in [2.24, 2.45) is 5.92 Å². The average Bonchev–Trinajstić information content (AvgIpc) is 2.61. The molecule has 0 heterocycles. The van der Waals surface area contributed by atoms with Crippen molar-refractivity contribution in [3.05, 3.63) is 70.3 Å². The van der Waals surface area contributed by atoms with Crippen LogP contribution >= 0.6 is 0 Å². The molecule has 0 aliphatic rings. The largest absolute Gasteiger partial charge is 0.481 e. The number of hydrogen-bond acceptors (Lipinski definition) is 5. The number of carboxylic acids is 2. The lowest BCUT2D eigenvalue weighted by molar-refractivity contribution is -0.515. The first-order chi connectivity index (χ1) is 12.7. The standard InChI is InChI=1S/C19H17NO7/c1-11(21)15(18(22)23)16(17(19(24)25)20(26)27)14-9-7-13(8-10-14)12-5-3-2-4-6-12/h2-10,15-17H,1H3,(H,22,23)(H,24,25). The molecule has 8 nitrogen and oxygen atoms in total. The molecule has 2 N–H and O–H groups in total. The molecule has 27 heavy (non-hydrogen) atoms. The maximum atomic E-state index is 11.8. The Morgan fingerprint density at radius 1 is 0.889 bits per heavy atom. The van der Waals surface area contributed by atoms with Gasteiger partial charge in [-0.2, -0.15) is 0 Å². The highest BCUT2D eigenvalue weighted by Gasteiger charge is 2.48. The van der Waals surface area contributed by atoms with Crippen LogP contribution in [-0.2, 0) is 14.4 Å². The van der Waals surface area contributed by atoms with Crippen LogP contribution in [0, 0.1) is 16.0 Å². The van der Waals surface area contributed by atoms with Gasteiger partial charge in [0.25, 0.3) is 0 Å². The Labute approximate surface area is 154 Å². The van der Waals surface area contributed by atoms with Gasteiger partial charge in [-0.15, -0.1) is 0 Å². The van der Waals surface area contributed by atoms with Crippen LogP contribution < -0.4 is 0 Å². The monoisotopic (exact) mass is 371 g/mol. The highest BCUT2D eigenvalue weighted by atomic mass is 16.6. The van der Waals surface area contributed by atoms with Crippen LogP contribution in [0.15, 0.2) is 54.6 Å². The summed E-state index contributed by atoms with van der Waals surface area (Å²) in [7, 11) is 0. The van der Waals surface area contributed by atoms with E-state index in [1.165, 1.54) is 12.1 Å². The van der Waals surface area contributed by atoms with Crippen molar-refractivity contribution >= 4 is 17.7 Å². The Hall–Kier alpha value is -3.55. The van der Waals surface area contributed by atoms with E-state index in [9.17, 15) is 34.7 Å². The van der Waals surface area contributed by atoms with E-state index in [-0.39, 0.29) is 5.56 Å². The van der Waals surface area contributed by atoms with Crippen LogP contribution in [0.1, 0.15) is 18.4 Å². The number of benzene rings is 2. The predicted octanol–water partition coefficient (Wildman–Crippen LogP) is 2.46. The van der Waals surface area contributed by atoms with E-state index >= 15 is 0 Å². The lowest BCUT2D eigenvalue weighted by Crippen LogP contribution is -2.43. The van der Waals surface area contributed by atoms with Gasteiger partial charge in [0.05, 0.1) is 5.92 Å². The summed E-state index contributed by atoms with van der Waals surface area (Å²) >= 11 is 0. The first kappa shape index (κ1) is 19.8. The molecule has 0 aliphatic carbocycles. The van der Waals surface area contributed by atoms with Gasteiger partial charge < -0.3 is 10.2 Å². The molecule has 0 fully saturated rings. The number of nitro groups is 1. The van der Waals surface area contributed by atoms with Crippen LogP contribution in [0.2, 0.25) is 0 Å². The van der Waals surface area contributed by atoms with Gasteiger partial charge in [-0.25, -0.2) is 4.79 Å². The zero-order valence-electron chi connectivity index (χ0n) is 14.3. The summed E-state index contributed by atoms with van der Waals surface area (Å²) in [5.41, 5.74) is 1.73. The van der Waals surface area contributed by atoms with Gasteiger partial charge in [0.15, 0.2) is 0 Å². The van der Waals surface area contributed by atoms with Crippen molar-refractivity contribution in [2.75, 3.05) is 0 Å². The Kier molecular flexibility index (Phi) is 6.02. The van der Waals surface area contributed by atoms with E-state index in [1.54, 1.807) is 12.1 Å². The van der Waals surface area contributed by atoms with Gasteiger partial charge >= 0.3 is 18.0 Å². The van der Waals surface area contributed by atoms with Crippen LogP contribution in [0.4, 0.5) is 0 Å². The second-order valence-corrected chi connectivity index (χ2v) is 6.01. The highest BCUT2D eigenvalue weighted by molar-refractivity contribution is 5.98. The second kappa shape index (κ2) is 8.22. The molecule has 0 aliphatic heterocycles. The summed E-state index contributed by atoms with van der Waals surface area (Å²) in [6, 6.07) is 13.0. The van der Waals surface area contributed by atoms with Crippen LogP contribution in [0.25, 0.3) is 11.1 Å². The highest BCUT2D eigenvalue weighted by Crippen LogP contribution is 2.33. The molecule has 0 saturated carbocycles. The molecule has 0 saturated heterocycles. The molecule has 2 aromatic rings. The molecule has 0 spiro atoms. The third-order valence-corrected chi connectivity index (χ3v) is 4.29. The summed E-state index contributed by atoms with van der Waals surface area (Å²) in [5, 5.41) is 30.0. The molecular formula is C19H17NO7. The summed E-state index contributed by atoms with van der Waals surface area (Å²) in [4.78, 5) is 45.1. The van der Waals surface area contributed by atoms with Gasteiger partial charge in [-0.3, -0.25) is 19.7 Å². The summed E-state index contributed by atoms with van der Waals surface area (Å²) in [5.74, 6) is -7.75. The summed E-state index contributed by atoms with van der Waals surface area (Å²) < 4.78 is 0. The number of ketones is 1. The normalized spacial score (nSPS) is 14.0. The number of hydrogen-bond donors (Lipinski definition) is 2. The van der Waals surface area contributed by atoms with Gasteiger partial charge in [0, 0.05) is 4.92 Å². The Balaban J connectivity index is 2.56. The fraction of sp³-hybridized carbons (Fsp3) is 0.211. The first-order valence-electron chi connectivity index (χ1n) is 7.99. The molecule has 2 aromatic carbocycles. The minimum absolute atomic E-state index is 0.0985. The van der Waals surface area contributed by atoms with E-state index in [2.05, 4.69) is 0 Å². The molecule has 0 radical (unpaired) electrons. The van der Waals surface area contributed by atoms with E-state index in [4.69, 9.17) is 0 Å². The van der Waals surface area contributed by atoms with Crippen molar-refractivity contribution in [3.8, 4) is 11.1 Å². The van der Waals surface area contributed by atoms with Gasteiger partial charge in [-0.1, -0.05) is 54.6 Å². The zero-order chi connectivity index (χ0) is 20.1. The first-order valence-corrected chi connectivity index (χ1v) is 7.99. The lowest BCUT2D eigenvalue weighted by Gasteiger charge is -2.23. The van der Waals surface area contributed by atoms with Crippen LogP contribution in [-0.4, -0.2) is 38.9 Å². The minimum atomic E-state index is -2.27. The quantitative estimate of drug-likeness (QED) is 0.413. The maximum absolute atomic E-state index is 11.8. The predicted molar refractivity (Wildman–Crippen MR) is 94.8 cm³/mol. The molecular weight excluding hydrogens is 354 g/mol. The van der Waals surface area contributed by atoms with Gasteiger partial charge in [-0.05, 0) is 23.6 Å². The van der Waals surface area contributed by atoms with Crippen molar-refractivity contribution < 1.29 is 29.5 Å². The second-order valence-electron chi connectivity index (χ2n) is 6.01. The van der Waals surface area contributed by atoms with Crippen molar-refractivity contribution in [3.63, 3.8) is 0 Å². The molecule has 2 rings (SSSR count). The summed E-state index contributed by atoms with van der Waals surface area (Å²) in [6.45, 7) is 0.975. The smallest absolute Gasteiger partial charge is 0.379 e. The zero-order valence-corrected chi connectivity index (χ0v) is 14.3. The molecule has 3 atom stereocenters. The van der Waals surface area contributed by atoms with Gasteiger partial charge in [0.2, 0.25) is 0 Å². The molecule has 0 amide bonds. The van der Waals surface area contributed by atoms with E-state index < -0.39 is 40.5 Å². The maximum Gasteiger partial charge on any atom is 0.379 e. The Morgan fingerprint density at radius 2 is 1.41 bits per heavy atom. The number of Topliss-reactive ketones (excluding diaryl/α,β-unsaturated/α-hetero) is 1. The number of rotatable bonds is 8. The summed E-state index contributed by atoms with van der Waals surface area (Å²) in [6.07, 6.45) is 0. The number of nitrogens with zero attached hydrogens (tertiary/aromatic N) is 1. The van der Waals surface area contributed by atoms with Crippen LogP contribution in [0.3, 0.4) is 0 Å². The van der Waals surface area contributed by atoms with E-state index in [1.807, 2.05) is 30.3 Å². The Morgan fingerprint density at radius 3 is 1.81 bits per heavy atom. The topological polar surface area (TPSA) is 135 Å². The van der Waals surface area contributed by atoms with E-state index in [0.717, 1.165) is 18.1 Å². The number of aliphatic carboxylic acids is 2. The molecule has 0 aromatic heterocycles.